The summed E-state index contributed by atoms with van der Waals surface area (Å²) in [5.74, 6) is 1.17. The Morgan fingerprint density at radius 3 is 2.43 bits per heavy atom. The second kappa shape index (κ2) is 8.49. The number of carbonyl (C=O) groups excluding carboxylic acids is 1. The summed E-state index contributed by atoms with van der Waals surface area (Å²) in [5, 5.41) is 0. The molecule has 2 rings (SSSR count). The van der Waals surface area contributed by atoms with Crippen LogP contribution in [0.1, 0.15) is 57.6 Å². The van der Waals surface area contributed by atoms with Gasteiger partial charge in [-0.25, -0.2) is 0 Å². The number of nitrogens with one attached hydrogen (secondary N) is 1. The molecular weight excluding hydrogens is 284 g/mol. The molecule has 1 saturated heterocycles. The molecule has 1 aliphatic heterocycles. The molecule has 0 aliphatic carbocycles. The summed E-state index contributed by atoms with van der Waals surface area (Å²) in [7, 11) is 0. The van der Waals surface area contributed by atoms with Crippen LogP contribution in [-0.2, 0) is 11.3 Å². The van der Waals surface area contributed by atoms with Crippen molar-refractivity contribution in [3.8, 4) is 0 Å². The highest BCUT2D eigenvalue weighted by molar-refractivity contribution is 5.78. The second-order valence-corrected chi connectivity index (χ2v) is 7.13. The Kier molecular flexibility index (Phi) is 6.64. The minimum Gasteiger partial charge on any atom is -0.343 e. The van der Waals surface area contributed by atoms with Crippen LogP contribution in [-0.4, -0.2) is 37.0 Å². The summed E-state index contributed by atoms with van der Waals surface area (Å²) in [6.45, 7) is 13.5. The largest absolute Gasteiger partial charge is 0.343 e. The van der Waals surface area contributed by atoms with E-state index in [1.54, 1.807) is 4.90 Å². The number of hydrogen-bond donors (Lipinski definition) is 1. The summed E-state index contributed by atoms with van der Waals surface area (Å²) in [5.41, 5.74) is 2.79. The lowest BCUT2D eigenvalue weighted by atomic mass is 9.95. The maximum absolute atomic E-state index is 12.6. The first-order valence-electron chi connectivity index (χ1n) is 9.26. The molecule has 23 heavy (non-hydrogen) atoms. The van der Waals surface area contributed by atoms with Gasteiger partial charge in [-0.05, 0) is 38.2 Å². The van der Waals surface area contributed by atoms with Gasteiger partial charge in [-0.15, -0.1) is 0 Å². The molecule has 0 saturated carbocycles. The summed E-state index contributed by atoms with van der Waals surface area (Å²) in [6, 6.07) is 9.03. The Labute approximate surface area is 141 Å². The zero-order valence-electron chi connectivity index (χ0n) is 15.3. The Morgan fingerprint density at radius 1 is 1.22 bits per heavy atom. The number of quaternary nitrogens is 1. The highest BCUT2D eigenvalue weighted by Gasteiger charge is 2.30. The van der Waals surface area contributed by atoms with Gasteiger partial charge in [0.05, 0.1) is 19.0 Å². The van der Waals surface area contributed by atoms with Gasteiger partial charge in [-0.3, -0.25) is 4.79 Å². The first-order valence-corrected chi connectivity index (χ1v) is 9.26. The number of amides is 1. The highest BCUT2D eigenvalue weighted by Crippen LogP contribution is 2.15. The summed E-state index contributed by atoms with van der Waals surface area (Å²) < 4.78 is 0. The van der Waals surface area contributed by atoms with E-state index >= 15 is 0 Å². The van der Waals surface area contributed by atoms with Gasteiger partial charge in [0.15, 0.2) is 0 Å². The molecule has 2 atom stereocenters. The topological polar surface area (TPSA) is 24.8 Å². The van der Waals surface area contributed by atoms with E-state index in [0.29, 0.717) is 11.8 Å². The van der Waals surface area contributed by atoms with Gasteiger partial charge < -0.3 is 9.80 Å². The Morgan fingerprint density at radius 2 is 1.87 bits per heavy atom. The molecule has 1 aliphatic rings. The maximum Gasteiger partial charge on any atom is 0.231 e. The summed E-state index contributed by atoms with van der Waals surface area (Å²) in [6.07, 6.45) is 2.22. The van der Waals surface area contributed by atoms with Gasteiger partial charge in [0, 0.05) is 18.7 Å². The van der Waals surface area contributed by atoms with Crippen molar-refractivity contribution in [1.82, 2.24) is 4.90 Å². The number of piperidine rings is 1. The Hall–Kier alpha value is -1.35. The lowest BCUT2D eigenvalue weighted by molar-refractivity contribution is -0.921. The fourth-order valence-corrected chi connectivity index (χ4v) is 3.62. The van der Waals surface area contributed by atoms with Crippen molar-refractivity contribution in [3.63, 3.8) is 0 Å². The average molecular weight is 317 g/mol. The average Bonchev–Trinajstić information content (AvgIpc) is 2.56. The quantitative estimate of drug-likeness (QED) is 0.856. The number of rotatable bonds is 6. The van der Waals surface area contributed by atoms with Crippen LogP contribution in [0.5, 0.6) is 0 Å². The maximum atomic E-state index is 12.6. The lowest BCUT2D eigenvalue weighted by Gasteiger charge is -2.32. The van der Waals surface area contributed by atoms with Gasteiger partial charge in [-0.2, -0.15) is 0 Å². The zero-order chi connectivity index (χ0) is 16.8. The van der Waals surface area contributed by atoms with Crippen molar-refractivity contribution in [2.75, 3.05) is 26.2 Å². The van der Waals surface area contributed by atoms with E-state index in [9.17, 15) is 4.79 Å². The van der Waals surface area contributed by atoms with E-state index < -0.39 is 0 Å². The molecule has 1 amide bonds. The molecule has 0 bridgehead atoms. The van der Waals surface area contributed by atoms with Crippen molar-refractivity contribution < 1.29 is 9.69 Å². The molecule has 128 valence electrons. The highest BCUT2D eigenvalue weighted by atomic mass is 16.2. The summed E-state index contributed by atoms with van der Waals surface area (Å²) >= 11 is 0. The van der Waals surface area contributed by atoms with Crippen LogP contribution >= 0.6 is 0 Å². The molecule has 1 fully saturated rings. The first-order chi connectivity index (χ1) is 11.0. The van der Waals surface area contributed by atoms with E-state index in [-0.39, 0.29) is 5.92 Å². The molecule has 1 unspecified atom stereocenters. The minimum atomic E-state index is 0.216. The predicted octanol–water partition coefficient (Wildman–Crippen LogP) is 2.47. The fraction of sp³-hybridized carbons (Fsp3) is 0.650. The van der Waals surface area contributed by atoms with Crippen molar-refractivity contribution in [1.29, 1.82) is 0 Å². The molecule has 0 radical (unpaired) electrons. The molecule has 3 heteroatoms. The van der Waals surface area contributed by atoms with Gasteiger partial charge in [0.2, 0.25) is 5.91 Å². The number of benzene rings is 1. The Balaban J connectivity index is 1.94. The van der Waals surface area contributed by atoms with E-state index in [0.717, 1.165) is 39.0 Å². The number of nitrogens with zero attached hydrogens (tertiary/aromatic N) is 1. The van der Waals surface area contributed by atoms with E-state index in [1.165, 1.54) is 17.7 Å². The summed E-state index contributed by atoms with van der Waals surface area (Å²) in [4.78, 5) is 16.1. The molecule has 1 aromatic rings. The van der Waals surface area contributed by atoms with Crippen molar-refractivity contribution in [2.24, 2.45) is 5.92 Å². The molecule has 0 spiro atoms. The molecule has 3 nitrogen and oxygen atoms in total. The third-order valence-electron chi connectivity index (χ3n) is 5.14. The van der Waals surface area contributed by atoms with E-state index in [4.69, 9.17) is 0 Å². The SMILES string of the molecule is CCN(CC)C(=O)[C@H]1CCC[NH+](Cc2ccc(C(C)C)cc2)C1. The van der Waals surface area contributed by atoms with E-state index in [1.807, 2.05) is 4.90 Å². The third-order valence-corrected chi connectivity index (χ3v) is 5.14. The Bertz CT molecular complexity index is 491. The van der Waals surface area contributed by atoms with Gasteiger partial charge in [-0.1, -0.05) is 38.1 Å². The first kappa shape index (κ1) is 18.0. The van der Waals surface area contributed by atoms with Crippen LogP contribution in [0.4, 0.5) is 0 Å². The van der Waals surface area contributed by atoms with Crippen molar-refractivity contribution in [3.05, 3.63) is 35.4 Å². The molecule has 1 aromatic carbocycles. The van der Waals surface area contributed by atoms with Gasteiger partial charge >= 0.3 is 0 Å². The van der Waals surface area contributed by atoms with Crippen LogP contribution in [0.3, 0.4) is 0 Å². The van der Waals surface area contributed by atoms with Crippen LogP contribution in [0.15, 0.2) is 24.3 Å². The normalized spacial score (nSPS) is 21.4. The zero-order valence-corrected chi connectivity index (χ0v) is 15.3. The molecule has 0 aromatic heterocycles. The molecular formula is C20H33N2O+. The number of hydrogen-bond acceptors (Lipinski definition) is 1. The van der Waals surface area contributed by atoms with Gasteiger partial charge in [0.25, 0.3) is 0 Å². The fourth-order valence-electron chi connectivity index (χ4n) is 3.62. The number of likely N-dealkylation sites (tertiary alicyclic amines) is 1. The van der Waals surface area contributed by atoms with Gasteiger partial charge in [0.1, 0.15) is 6.54 Å². The van der Waals surface area contributed by atoms with Crippen LogP contribution < -0.4 is 4.90 Å². The van der Waals surface area contributed by atoms with Crippen LogP contribution in [0.25, 0.3) is 0 Å². The van der Waals surface area contributed by atoms with E-state index in [2.05, 4.69) is 52.0 Å². The molecule has 1 N–H and O–H groups in total. The van der Waals surface area contributed by atoms with Crippen LogP contribution in [0.2, 0.25) is 0 Å². The standard InChI is InChI=1S/C20H32N2O/c1-5-22(6-2)20(23)19-8-7-13-21(15-19)14-17-9-11-18(12-10-17)16(3)4/h9-12,16,19H,5-8,13-15H2,1-4H3/p+1/t19-/m0/s1. The monoisotopic (exact) mass is 317 g/mol. The minimum absolute atomic E-state index is 0.216. The van der Waals surface area contributed by atoms with Crippen molar-refractivity contribution in [2.45, 2.75) is 53.0 Å². The predicted molar refractivity (Wildman–Crippen MR) is 95.6 cm³/mol. The second-order valence-electron chi connectivity index (χ2n) is 7.13. The smallest absolute Gasteiger partial charge is 0.231 e. The lowest BCUT2D eigenvalue weighted by Crippen LogP contribution is -3.12. The number of carbonyl (C=O) groups is 1. The van der Waals surface area contributed by atoms with Crippen molar-refractivity contribution >= 4 is 5.91 Å². The van der Waals surface area contributed by atoms with Crippen LogP contribution in [0, 0.1) is 5.92 Å². The molecule has 1 heterocycles. The third kappa shape index (κ3) is 4.81.